The Bertz CT molecular complexity index is 1500. The van der Waals surface area contributed by atoms with Gasteiger partial charge >= 0.3 is 0 Å². The Balaban J connectivity index is 0.000000152. The Kier molecular flexibility index (Phi) is 11.7. The Labute approximate surface area is 256 Å². The smallest absolute Gasteiger partial charge is 0.122 e. The van der Waals surface area contributed by atoms with E-state index in [9.17, 15) is 0 Å². The van der Waals surface area contributed by atoms with Crippen LogP contribution < -0.4 is 18.9 Å². The monoisotopic (exact) mass is 588 g/mol. The van der Waals surface area contributed by atoms with Crippen LogP contribution in [0.4, 0.5) is 0 Å². The number of hydrogen-bond acceptors (Lipinski definition) is 10. The molecule has 222 valence electrons. The molecule has 6 rings (SSSR count). The third-order valence-electron chi connectivity index (χ3n) is 5.99. The molecule has 10 nitrogen and oxygen atoms in total. The van der Waals surface area contributed by atoms with Crippen molar-refractivity contribution in [2.45, 2.75) is 0 Å². The van der Waals surface area contributed by atoms with Gasteiger partial charge in [-0.1, -0.05) is 12.1 Å². The summed E-state index contributed by atoms with van der Waals surface area (Å²) in [5.74, 6) is 3.04. The predicted octanol–water partition coefficient (Wildman–Crippen LogP) is 6.47. The van der Waals surface area contributed by atoms with Crippen molar-refractivity contribution in [1.82, 2.24) is 29.9 Å². The van der Waals surface area contributed by atoms with Crippen LogP contribution in [0.5, 0.6) is 23.0 Å². The molecule has 0 aliphatic heterocycles. The minimum Gasteiger partial charge on any atom is -0.497 e. The lowest BCUT2D eigenvalue weighted by Crippen LogP contribution is -1.90. The Morgan fingerprint density at radius 3 is 0.818 bits per heavy atom. The number of pyridine rings is 6. The van der Waals surface area contributed by atoms with Crippen LogP contribution in [0.25, 0.3) is 34.2 Å². The average molecular weight is 589 g/mol. The molecular formula is C34H32N6O4. The molecule has 0 aliphatic rings. The molecule has 0 saturated heterocycles. The largest absolute Gasteiger partial charge is 0.497 e. The quantitative estimate of drug-likeness (QED) is 0.206. The minimum absolute atomic E-state index is 0.759. The van der Waals surface area contributed by atoms with E-state index in [1.54, 1.807) is 89.9 Å². The SMILES string of the molecule is COc1ccnc(-c2cc(OC)ccn2)c1.COc1ccnc(-c2cc(OC)ccn2)c1.c1ccc(-c2ccccn2)nc1. The Hall–Kier alpha value is -5.90. The van der Waals surface area contributed by atoms with Gasteiger partial charge in [-0.3, -0.25) is 29.9 Å². The molecule has 10 heteroatoms. The first-order valence-corrected chi connectivity index (χ1v) is 13.5. The van der Waals surface area contributed by atoms with Gasteiger partial charge in [0.15, 0.2) is 0 Å². The van der Waals surface area contributed by atoms with Gasteiger partial charge in [-0.15, -0.1) is 0 Å². The highest BCUT2D eigenvalue weighted by molar-refractivity contribution is 5.58. The summed E-state index contributed by atoms with van der Waals surface area (Å²) in [6.07, 6.45) is 10.3. The maximum Gasteiger partial charge on any atom is 0.122 e. The van der Waals surface area contributed by atoms with Crippen molar-refractivity contribution in [2.75, 3.05) is 28.4 Å². The van der Waals surface area contributed by atoms with Gasteiger partial charge < -0.3 is 18.9 Å². The normalized spacial score (nSPS) is 9.82. The van der Waals surface area contributed by atoms with E-state index in [0.29, 0.717) is 0 Å². The molecule has 6 aromatic heterocycles. The summed E-state index contributed by atoms with van der Waals surface area (Å²) >= 11 is 0. The minimum atomic E-state index is 0.759. The number of aromatic nitrogens is 6. The Morgan fingerprint density at radius 1 is 0.318 bits per heavy atom. The van der Waals surface area contributed by atoms with Gasteiger partial charge in [-0.05, 0) is 48.5 Å². The standard InChI is InChI=1S/2C12H12N2O2.C10H8N2/c2*1-15-9-3-5-13-11(7-9)12-8-10(16-2)4-6-14-12;1-3-7-11-9(5-1)10-6-2-4-8-12-10/h2*3-8H,1-2H3;1-8H. The van der Waals surface area contributed by atoms with Gasteiger partial charge in [0.25, 0.3) is 0 Å². The van der Waals surface area contributed by atoms with Gasteiger partial charge in [-0.25, -0.2) is 0 Å². The maximum absolute atomic E-state index is 5.13. The van der Waals surface area contributed by atoms with Gasteiger partial charge in [0.1, 0.15) is 23.0 Å². The average Bonchev–Trinajstić information content (AvgIpc) is 3.13. The number of ether oxygens (including phenoxy) is 4. The van der Waals surface area contributed by atoms with Crippen molar-refractivity contribution in [1.29, 1.82) is 0 Å². The summed E-state index contributed by atoms with van der Waals surface area (Å²) < 4.78 is 20.5. The van der Waals surface area contributed by atoms with Gasteiger partial charge in [0.05, 0.1) is 62.6 Å². The second-order valence-electron chi connectivity index (χ2n) is 8.75. The molecule has 0 atom stereocenters. The molecule has 0 saturated carbocycles. The molecule has 6 heterocycles. The molecule has 0 radical (unpaired) electrons. The number of rotatable bonds is 7. The van der Waals surface area contributed by atoms with Crippen molar-refractivity contribution in [3.8, 4) is 57.2 Å². The second kappa shape index (κ2) is 16.5. The molecule has 0 N–H and O–H groups in total. The van der Waals surface area contributed by atoms with Crippen molar-refractivity contribution >= 4 is 0 Å². The lowest BCUT2D eigenvalue weighted by atomic mass is 10.2. The number of methoxy groups -OCH3 is 4. The molecule has 0 aliphatic carbocycles. The first-order chi connectivity index (χ1) is 21.6. The number of nitrogens with zero attached hydrogens (tertiary/aromatic N) is 6. The molecular weight excluding hydrogens is 556 g/mol. The van der Waals surface area contributed by atoms with Gasteiger partial charge in [0.2, 0.25) is 0 Å². The zero-order valence-corrected chi connectivity index (χ0v) is 24.9. The van der Waals surface area contributed by atoms with Crippen molar-refractivity contribution in [3.63, 3.8) is 0 Å². The summed E-state index contributed by atoms with van der Waals surface area (Å²) in [4.78, 5) is 25.3. The van der Waals surface area contributed by atoms with Gasteiger partial charge in [0, 0.05) is 61.4 Å². The first kappa shape index (κ1) is 31.0. The van der Waals surface area contributed by atoms with Crippen molar-refractivity contribution in [2.24, 2.45) is 0 Å². The summed E-state index contributed by atoms with van der Waals surface area (Å²) in [5, 5.41) is 0. The molecule has 44 heavy (non-hydrogen) atoms. The highest BCUT2D eigenvalue weighted by Gasteiger charge is 2.05. The zero-order valence-electron chi connectivity index (χ0n) is 24.9. The summed E-state index contributed by atoms with van der Waals surface area (Å²) in [7, 11) is 6.49. The van der Waals surface area contributed by atoms with E-state index in [1.165, 1.54) is 0 Å². The first-order valence-electron chi connectivity index (χ1n) is 13.5. The fourth-order valence-corrected chi connectivity index (χ4v) is 3.74. The molecule has 0 aromatic carbocycles. The van der Waals surface area contributed by atoms with Crippen LogP contribution in [0.3, 0.4) is 0 Å². The van der Waals surface area contributed by atoms with Crippen LogP contribution in [-0.2, 0) is 0 Å². The van der Waals surface area contributed by atoms with E-state index in [2.05, 4.69) is 29.9 Å². The van der Waals surface area contributed by atoms with Crippen LogP contribution in [-0.4, -0.2) is 58.3 Å². The molecule has 6 aromatic rings. The third kappa shape index (κ3) is 9.05. The fourth-order valence-electron chi connectivity index (χ4n) is 3.74. The highest BCUT2D eigenvalue weighted by atomic mass is 16.5. The van der Waals surface area contributed by atoms with E-state index >= 15 is 0 Å². The second-order valence-corrected chi connectivity index (χ2v) is 8.75. The fraction of sp³-hybridized carbons (Fsp3) is 0.118. The van der Waals surface area contributed by atoms with E-state index in [1.807, 2.05) is 60.7 Å². The van der Waals surface area contributed by atoms with Crippen molar-refractivity contribution < 1.29 is 18.9 Å². The maximum atomic E-state index is 5.13. The zero-order chi connectivity index (χ0) is 31.0. The Morgan fingerprint density at radius 2 is 0.591 bits per heavy atom. The highest BCUT2D eigenvalue weighted by Crippen LogP contribution is 2.23. The third-order valence-corrected chi connectivity index (χ3v) is 5.99. The molecule has 0 spiro atoms. The summed E-state index contributed by atoms with van der Waals surface area (Å²) in [6, 6.07) is 26.1. The lowest BCUT2D eigenvalue weighted by molar-refractivity contribution is 0.413. The molecule has 0 amide bonds. The molecule has 0 fully saturated rings. The summed E-state index contributed by atoms with van der Waals surface area (Å²) in [6.45, 7) is 0. The van der Waals surface area contributed by atoms with Crippen LogP contribution in [0, 0.1) is 0 Å². The predicted molar refractivity (Wildman–Crippen MR) is 169 cm³/mol. The van der Waals surface area contributed by atoms with Crippen LogP contribution in [0.1, 0.15) is 0 Å². The van der Waals surface area contributed by atoms with Crippen molar-refractivity contribution in [3.05, 3.63) is 122 Å². The van der Waals surface area contributed by atoms with Crippen LogP contribution in [0.15, 0.2) is 122 Å². The lowest BCUT2D eigenvalue weighted by Gasteiger charge is -2.04. The van der Waals surface area contributed by atoms with E-state index in [0.717, 1.165) is 57.2 Å². The van der Waals surface area contributed by atoms with E-state index < -0.39 is 0 Å². The van der Waals surface area contributed by atoms with E-state index in [4.69, 9.17) is 18.9 Å². The van der Waals surface area contributed by atoms with Crippen LogP contribution >= 0.6 is 0 Å². The van der Waals surface area contributed by atoms with E-state index in [-0.39, 0.29) is 0 Å². The molecule has 0 bridgehead atoms. The number of hydrogen-bond donors (Lipinski definition) is 0. The van der Waals surface area contributed by atoms with Crippen LogP contribution in [0.2, 0.25) is 0 Å². The summed E-state index contributed by atoms with van der Waals surface area (Å²) in [5.41, 5.74) is 4.88. The topological polar surface area (TPSA) is 114 Å². The van der Waals surface area contributed by atoms with Gasteiger partial charge in [-0.2, -0.15) is 0 Å². The molecule has 0 unspecified atom stereocenters.